The quantitative estimate of drug-likeness (QED) is 0.838. The second-order valence-corrected chi connectivity index (χ2v) is 7.26. The summed E-state index contributed by atoms with van der Waals surface area (Å²) in [5, 5.41) is 0.699. The molecule has 3 heterocycles. The van der Waals surface area contributed by atoms with E-state index in [0.29, 0.717) is 28.9 Å². The highest BCUT2D eigenvalue weighted by molar-refractivity contribution is 7.17. The highest BCUT2D eigenvalue weighted by Gasteiger charge is 2.38. The average molecular weight is 344 g/mol. The Hall–Kier alpha value is -1.86. The summed E-state index contributed by atoms with van der Waals surface area (Å²) in [7, 11) is 0. The Morgan fingerprint density at radius 3 is 2.92 bits per heavy atom. The molecular weight excluding hydrogens is 324 g/mol. The Bertz CT molecular complexity index is 731. The molecule has 1 amide bonds. The van der Waals surface area contributed by atoms with Crippen LogP contribution in [0.4, 0.5) is 0 Å². The van der Waals surface area contributed by atoms with E-state index in [1.807, 2.05) is 11.8 Å². The van der Waals surface area contributed by atoms with E-state index in [0.717, 1.165) is 18.5 Å². The molecule has 1 aliphatic carbocycles. The van der Waals surface area contributed by atoms with Crippen molar-refractivity contribution in [3.05, 3.63) is 29.0 Å². The van der Waals surface area contributed by atoms with Gasteiger partial charge in [0.1, 0.15) is 4.88 Å². The largest absolute Gasteiger partial charge is 0.374 e. The average Bonchev–Trinajstić information content (AvgIpc) is 3.03. The van der Waals surface area contributed by atoms with Crippen molar-refractivity contribution in [2.45, 2.75) is 44.8 Å². The van der Waals surface area contributed by atoms with Crippen LogP contribution in [-0.2, 0) is 4.74 Å². The van der Waals surface area contributed by atoms with Gasteiger partial charge in [-0.15, -0.1) is 11.3 Å². The second kappa shape index (κ2) is 6.57. The van der Waals surface area contributed by atoms with E-state index < -0.39 is 0 Å². The molecule has 1 saturated carbocycles. The number of rotatable bonds is 2. The van der Waals surface area contributed by atoms with Gasteiger partial charge < -0.3 is 9.64 Å². The van der Waals surface area contributed by atoms with Gasteiger partial charge in [-0.05, 0) is 25.8 Å². The number of hydrogen-bond acceptors (Lipinski definition) is 6. The summed E-state index contributed by atoms with van der Waals surface area (Å²) in [6, 6.07) is 1.98. The number of carbonyl (C=O) groups excluding carboxylic acids is 1. The SMILES string of the molecule is Cc1nc(-c2ncccn2)sc1C(=O)N1CCO[C@H]2CCCC[C@@H]21. The topological polar surface area (TPSA) is 68.2 Å². The van der Waals surface area contributed by atoms with Crippen LogP contribution < -0.4 is 0 Å². The summed E-state index contributed by atoms with van der Waals surface area (Å²) in [5.74, 6) is 0.648. The van der Waals surface area contributed by atoms with Crippen LogP contribution in [0.2, 0.25) is 0 Å². The number of aromatic nitrogens is 3. The van der Waals surface area contributed by atoms with Gasteiger partial charge in [-0.3, -0.25) is 4.79 Å². The Kier molecular flexibility index (Phi) is 4.28. The second-order valence-electron chi connectivity index (χ2n) is 6.27. The normalized spacial score (nSPS) is 23.8. The zero-order valence-corrected chi connectivity index (χ0v) is 14.5. The molecule has 2 aromatic rings. The maximum atomic E-state index is 13.1. The lowest BCUT2D eigenvalue weighted by atomic mass is 9.90. The third kappa shape index (κ3) is 2.82. The molecule has 0 N–H and O–H groups in total. The molecule has 0 unspecified atom stereocenters. The van der Waals surface area contributed by atoms with Crippen molar-refractivity contribution in [2.24, 2.45) is 0 Å². The molecular formula is C17H20N4O2S. The van der Waals surface area contributed by atoms with E-state index in [9.17, 15) is 4.79 Å². The number of nitrogens with zero attached hydrogens (tertiary/aromatic N) is 4. The third-order valence-corrected chi connectivity index (χ3v) is 5.88. The molecule has 0 spiro atoms. The van der Waals surface area contributed by atoms with E-state index in [1.165, 1.54) is 24.2 Å². The molecule has 1 aliphatic heterocycles. The van der Waals surface area contributed by atoms with Crippen LogP contribution in [0.15, 0.2) is 18.5 Å². The maximum Gasteiger partial charge on any atom is 0.266 e. The van der Waals surface area contributed by atoms with Gasteiger partial charge in [-0.1, -0.05) is 12.8 Å². The molecule has 24 heavy (non-hydrogen) atoms. The molecule has 6 nitrogen and oxygen atoms in total. The van der Waals surface area contributed by atoms with E-state index in [2.05, 4.69) is 15.0 Å². The van der Waals surface area contributed by atoms with Crippen LogP contribution in [0.25, 0.3) is 10.8 Å². The first kappa shape index (κ1) is 15.7. The van der Waals surface area contributed by atoms with Crippen LogP contribution in [0.3, 0.4) is 0 Å². The highest BCUT2D eigenvalue weighted by atomic mass is 32.1. The van der Waals surface area contributed by atoms with Gasteiger partial charge in [0.05, 0.1) is 24.4 Å². The number of ether oxygens (including phenoxy) is 1. The summed E-state index contributed by atoms with van der Waals surface area (Å²) in [4.78, 5) is 28.8. The van der Waals surface area contributed by atoms with Crippen molar-refractivity contribution in [3.8, 4) is 10.8 Å². The molecule has 0 bridgehead atoms. The number of thiazole rings is 1. The zero-order valence-electron chi connectivity index (χ0n) is 13.6. The lowest BCUT2D eigenvalue weighted by Gasteiger charge is -2.43. The molecule has 4 rings (SSSR count). The Labute approximate surface area is 144 Å². The Morgan fingerprint density at radius 1 is 1.29 bits per heavy atom. The predicted octanol–water partition coefficient (Wildman–Crippen LogP) is 2.69. The molecule has 2 aliphatic rings. The van der Waals surface area contributed by atoms with Crippen molar-refractivity contribution in [1.82, 2.24) is 19.9 Å². The minimum Gasteiger partial charge on any atom is -0.374 e. The number of amides is 1. The molecule has 7 heteroatoms. The Balaban J connectivity index is 1.61. The summed E-state index contributed by atoms with van der Waals surface area (Å²) >= 11 is 1.39. The van der Waals surface area contributed by atoms with Crippen LogP contribution in [0, 0.1) is 6.92 Å². The van der Waals surface area contributed by atoms with E-state index in [-0.39, 0.29) is 18.1 Å². The molecule has 2 fully saturated rings. The molecule has 2 atom stereocenters. The van der Waals surface area contributed by atoms with Crippen LogP contribution in [-0.4, -0.2) is 51.1 Å². The monoisotopic (exact) mass is 344 g/mol. The fourth-order valence-corrected chi connectivity index (χ4v) is 4.55. The summed E-state index contributed by atoms with van der Waals surface area (Å²) in [6.07, 6.45) is 8.02. The fraction of sp³-hybridized carbons (Fsp3) is 0.529. The first-order valence-electron chi connectivity index (χ1n) is 8.41. The number of carbonyl (C=O) groups is 1. The van der Waals surface area contributed by atoms with E-state index in [4.69, 9.17) is 4.74 Å². The van der Waals surface area contributed by atoms with Gasteiger partial charge in [-0.2, -0.15) is 0 Å². The van der Waals surface area contributed by atoms with E-state index in [1.54, 1.807) is 18.5 Å². The summed E-state index contributed by atoms with van der Waals surface area (Å²) in [6.45, 7) is 3.17. The maximum absolute atomic E-state index is 13.1. The zero-order chi connectivity index (χ0) is 16.5. The van der Waals surface area contributed by atoms with Gasteiger partial charge in [0.2, 0.25) is 0 Å². The van der Waals surface area contributed by atoms with Crippen molar-refractivity contribution in [1.29, 1.82) is 0 Å². The van der Waals surface area contributed by atoms with Gasteiger partial charge in [0.15, 0.2) is 10.8 Å². The molecule has 0 aromatic carbocycles. The van der Waals surface area contributed by atoms with Gasteiger partial charge in [0.25, 0.3) is 5.91 Å². The number of morpholine rings is 1. The standard InChI is InChI=1S/C17H20N4O2S/c1-11-14(24-16(20-11)15-18-7-4-8-19-15)17(22)21-9-10-23-13-6-3-2-5-12(13)21/h4,7-8,12-13H,2-3,5-6,9-10H2,1H3/t12-,13-/m0/s1. The predicted molar refractivity (Wildman–Crippen MR) is 90.9 cm³/mol. The summed E-state index contributed by atoms with van der Waals surface area (Å²) < 4.78 is 5.88. The fourth-order valence-electron chi connectivity index (χ4n) is 3.58. The number of aryl methyl sites for hydroxylation is 1. The molecule has 126 valence electrons. The molecule has 2 aromatic heterocycles. The summed E-state index contributed by atoms with van der Waals surface area (Å²) in [5.41, 5.74) is 0.756. The van der Waals surface area contributed by atoms with Gasteiger partial charge in [-0.25, -0.2) is 15.0 Å². The third-order valence-electron chi connectivity index (χ3n) is 4.74. The van der Waals surface area contributed by atoms with E-state index >= 15 is 0 Å². The van der Waals surface area contributed by atoms with Crippen LogP contribution >= 0.6 is 11.3 Å². The van der Waals surface area contributed by atoms with Crippen molar-refractivity contribution in [3.63, 3.8) is 0 Å². The first-order chi connectivity index (χ1) is 11.7. The smallest absolute Gasteiger partial charge is 0.266 e. The first-order valence-corrected chi connectivity index (χ1v) is 9.23. The molecule has 0 radical (unpaired) electrons. The van der Waals surface area contributed by atoms with Crippen LogP contribution in [0.1, 0.15) is 41.0 Å². The minimum absolute atomic E-state index is 0.0763. The lowest BCUT2D eigenvalue weighted by molar-refractivity contribution is -0.0751. The van der Waals surface area contributed by atoms with Gasteiger partial charge >= 0.3 is 0 Å². The number of fused-ring (bicyclic) bond motifs is 1. The minimum atomic E-state index is 0.0763. The van der Waals surface area contributed by atoms with Crippen molar-refractivity contribution in [2.75, 3.05) is 13.2 Å². The van der Waals surface area contributed by atoms with Crippen LogP contribution in [0.5, 0.6) is 0 Å². The lowest BCUT2D eigenvalue weighted by Crippen LogP contribution is -2.54. The van der Waals surface area contributed by atoms with Crippen molar-refractivity contribution >= 4 is 17.2 Å². The van der Waals surface area contributed by atoms with Gasteiger partial charge in [0, 0.05) is 18.9 Å². The number of hydrogen-bond donors (Lipinski definition) is 0. The van der Waals surface area contributed by atoms with Crippen molar-refractivity contribution < 1.29 is 9.53 Å². The molecule has 1 saturated heterocycles. The Morgan fingerprint density at radius 2 is 2.08 bits per heavy atom. The highest BCUT2D eigenvalue weighted by Crippen LogP contribution is 2.32.